The van der Waals surface area contributed by atoms with Crippen LogP contribution in [0.1, 0.15) is 11.3 Å². The van der Waals surface area contributed by atoms with Crippen molar-refractivity contribution in [2.45, 2.75) is 6.92 Å². The largest absolute Gasteiger partial charge is 0.364 e. The van der Waals surface area contributed by atoms with E-state index in [1.54, 1.807) is 7.05 Å². The van der Waals surface area contributed by atoms with Crippen LogP contribution in [0.15, 0.2) is 40.2 Å². The molecule has 0 unspecified atom stereocenters. The SMILES string of the molecule is CNC(=S)N/N=C\c1c(C)[nH]n(-c2ccccc2)c1=O. The minimum Gasteiger partial charge on any atom is -0.364 e. The molecule has 0 fully saturated rings. The van der Waals surface area contributed by atoms with Gasteiger partial charge in [0.15, 0.2) is 5.11 Å². The van der Waals surface area contributed by atoms with E-state index in [0.717, 1.165) is 11.4 Å². The summed E-state index contributed by atoms with van der Waals surface area (Å²) in [7, 11) is 1.69. The Morgan fingerprint density at radius 2 is 2.10 bits per heavy atom. The van der Waals surface area contributed by atoms with Gasteiger partial charge in [0.05, 0.1) is 17.5 Å². The molecule has 0 aliphatic rings. The molecule has 0 atom stereocenters. The van der Waals surface area contributed by atoms with Crippen molar-refractivity contribution >= 4 is 23.5 Å². The highest BCUT2D eigenvalue weighted by molar-refractivity contribution is 7.80. The number of rotatable bonds is 3. The van der Waals surface area contributed by atoms with E-state index in [1.807, 2.05) is 37.3 Å². The van der Waals surface area contributed by atoms with Crippen LogP contribution in [0, 0.1) is 6.92 Å². The van der Waals surface area contributed by atoms with Crippen molar-refractivity contribution in [3.05, 3.63) is 51.9 Å². The topological polar surface area (TPSA) is 74.2 Å². The van der Waals surface area contributed by atoms with Gasteiger partial charge in [-0.25, -0.2) is 4.68 Å². The number of aryl methyl sites for hydroxylation is 1. The first-order chi connectivity index (χ1) is 9.63. The third-order valence-electron chi connectivity index (χ3n) is 2.72. The summed E-state index contributed by atoms with van der Waals surface area (Å²) in [6.07, 6.45) is 1.46. The Labute approximate surface area is 121 Å². The molecule has 0 saturated heterocycles. The predicted octanol–water partition coefficient (Wildman–Crippen LogP) is 0.902. The molecule has 3 N–H and O–H groups in total. The first-order valence-corrected chi connectivity index (χ1v) is 6.42. The molecule has 7 heteroatoms. The van der Waals surface area contributed by atoms with Crippen molar-refractivity contribution in [3.63, 3.8) is 0 Å². The third kappa shape index (κ3) is 2.94. The van der Waals surface area contributed by atoms with Gasteiger partial charge in [-0.15, -0.1) is 0 Å². The Balaban J connectivity index is 2.31. The summed E-state index contributed by atoms with van der Waals surface area (Å²) >= 11 is 4.89. The molecular weight excluding hydrogens is 274 g/mol. The number of nitrogens with one attached hydrogen (secondary N) is 3. The Morgan fingerprint density at radius 3 is 2.75 bits per heavy atom. The van der Waals surface area contributed by atoms with Gasteiger partial charge in [-0.2, -0.15) is 5.10 Å². The van der Waals surface area contributed by atoms with Gasteiger partial charge in [0.2, 0.25) is 0 Å². The molecule has 0 bridgehead atoms. The quantitative estimate of drug-likeness (QED) is 0.446. The maximum Gasteiger partial charge on any atom is 0.280 e. The lowest BCUT2D eigenvalue weighted by Crippen LogP contribution is -2.28. The van der Waals surface area contributed by atoms with Crippen molar-refractivity contribution in [2.75, 3.05) is 7.05 Å². The van der Waals surface area contributed by atoms with Crippen molar-refractivity contribution < 1.29 is 0 Å². The lowest BCUT2D eigenvalue weighted by Gasteiger charge is -1.99. The second-order valence-electron chi connectivity index (χ2n) is 4.08. The molecule has 1 aromatic carbocycles. The van der Waals surface area contributed by atoms with Crippen LogP contribution in [0.3, 0.4) is 0 Å². The van der Waals surface area contributed by atoms with Gasteiger partial charge < -0.3 is 5.32 Å². The van der Waals surface area contributed by atoms with Gasteiger partial charge in [-0.1, -0.05) is 18.2 Å². The lowest BCUT2D eigenvalue weighted by atomic mass is 10.3. The molecule has 0 amide bonds. The highest BCUT2D eigenvalue weighted by Crippen LogP contribution is 2.05. The zero-order valence-electron chi connectivity index (χ0n) is 11.2. The van der Waals surface area contributed by atoms with E-state index in [1.165, 1.54) is 10.9 Å². The van der Waals surface area contributed by atoms with E-state index < -0.39 is 0 Å². The number of nitrogens with zero attached hydrogens (tertiary/aromatic N) is 2. The van der Waals surface area contributed by atoms with E-state index in [0.29, 0.717) is 10.7 Å². The first kappa shape index (κ1) is 14.0. The zero-order chi connectivity index (χ0) is 14.5. The fourth-order valence-electron chi connectivity index (χ4n) is 1.68. The Hall–Kier alpha value is -2.41. The van der Waals surface area contributed by atoms with Gasteiger partial charge in [0, 0.05) is 12.7 Å². The minimum absolute atomic E-state index is 0.158. The molecule has 1 aromatic heterocycles. The number of aromatic nitrogens is 2. The highest BCUT2D eigenvalue weighted by Gasteiger charge is 2.10. The Morgan fingerprint density at radius 1 is 1.40 bits per heavy atom. The van der Waals surface area contributed by atoms with Crippen LogP contribution in [0.4, 0.5) is 0 Å². The number of hydrogen-bond acceptors (Lipinski definition) is 3. The average Bonchev–Trinajstić information content (AvgIpc) is 2.75. The summed E-state index contributed by atoms with van der Waals surface area (Å²) in [4.78, 5) is 12.3. The standard InChI is InChI=1S/C13H15N5OS/c1-9-11(8-15-16-13(20)14-2)12(19)18(17-9)10-6-4-3-5-7-10/h3-8,17H,1-2H3,(H2,14,16,20)/b15-8-. The average molecular weight is 289 g/mol. The van der Waals surface area contributed by atoms with Crippen LogP contribution < -0.4 is 16.3 Å². The van der Waals surface area contributed by atoms with Gasteiger partial charge in [-0.3, -0.25) is 15.3 Å². The molecule has 0 aliphatic heterocycles. The van der Waals surface area contributed by atoms with Crippen LogP contribution in [-0.4, -0.2) is 28.2 Å². The second-order valence-corrected chi connectivity index (χ2v) is 4.48. The molecule has 0 radical (unpaired) electrons. The summed E-state index contributed by atoms with van der Waals surface area (Å²) < 4.78 is 1.48. The fraction of sp³-hybridized carbons (Fsp3) is 0.154. The molecule has 0 spiro atoms. The summed E-state index contributed by atoms with van der Waals surface area (Å²) in [5.74, 6) is 0. The summed E-state index contributed by atoms with van der Waals surface area (Å²) in [6, 6.07) is 9.35. The fourth-order valence-corrected chi connectivity index (χ4v) is 1.73. The summed E-state index contributed by atoms with van der Waals surface area (Å²) in [5.41, 5.74) is 4.45. The summed E-state index contributed by atoms with van der Waals surface area (Å²) in [5, 5.41) is 10.1. The van der Waals surface area contributed by atoms with Crippen LogP contribution in [0.2, 0.25) is 0 Å². The van der Waals surface area contributed by atoms with E-state index in [-0.39, 0.29) is 5.56 Å². The second kappa shape index (κ2) is 6.16. The summed E-state index contributed by atoms with van der Waals surface area (Å²) in [6.45, 7) is 1.82. The van der Waals surface area contributed by atoms with Crippen LogP contribution in [0.5, 0.6) is 0 Å². The van der Waals surface area contributed by atoms with Crippen LogP contribution >= 0.6 is 12.2 Å². The van der Waals surface area contributed by atoms with Crippen molar-refractivity contribution in [3.8, 4) is 5.69 Å². The monoisotopic (exact) mass is 289 g/mol. The van der Waals surface area contributed by atoms with Gasteiger partial charge >= 0.3 is 0 Å². The van der Waals surface area contributed by atoms with Crippen molar-refractivity contribution in [1.82, 2.24) is 20.5 Å². The number of H-pyrrole nitrogens is 1. The molecule has 1 heterocycles. The van der Waals surface area contributed by atoms with Gasteiger partial charge in [0.25, 0.3) is 5.56 Å². The maximum atomic E-state index is 12.3. The number of aromatic amines is 1. The predicted molar refractivity (Wildman–Crippen MR) is 83.5 cm³/mol. The van der Waals surface area contributed by atoms with E-state index in [2.05, 4.69) is 20.9 Å². The number of hydrogen-bond donors (Lipinski definition) is 3. The number of benzene rings is 1. The van der Waals surface area contributed by atoms with Crippen LogP contribution in [0.25, 0.3) is 5.69 Å². The van der Waals surface area contributed by atoms with Gasteiger partial charge in [-0.05, 0) is 31.3 Å². The first-order valence-electron chi connectivity index (χ1n) is 6.01. The molecule has 0 saturated carbocycles. The lowest BCUT2D eigenvalue weighted by molar-refractivity contribution is 0.835. The van der Waals surface area contributed by atoms with E-state index in [4.69, 9.17) is 12.2 Å². The number of para-hydroxylation sites is 1. The third-order valence-corrected chi connectivity index (χ3v) is 3.01. The molecule has 2 aromatic rings. The molecule has 20 heavy (non-hydrogen) atoms. The zero-order valence-corrected chi connectivity index (χ0v) is 12.0. The van der Waals surface area contributed by atoms with Gasteiger partial charge in [0.1, 0.15) is 0 Å². The minimum atomic E-state index is -0.158. The smallest absolute Gasteiger partial charge is 0.280 e. The molecule has 0 aliphatic carbocycles. The molecule has 2 rings (SSSR count). The molecule has 6 nitrogen and oxygen atoms in total. The highest BCUT2D eigenvalue weighted by atomic mass is 32.1. The van der Waals surface area contributed by atoms with Crippen LogP contribution in [-0.2, 0) is 0 Å². The van der Waals surface area contributed by atoms with Crippen molar-refractivity contribution in [1.29, 1.82) is 0 Å². The normalized spacial score (nSPS) is 10.7. The van der Waals surface area contributed by atoms with E-state index >= 15 is 0 Å². The van der Waals surface area contributed by atoms with E-state index in [9.17, 15) is 4.79 Å². The number of hydrazone groups is 1. The number of thiocarbonyl (C=S) groups is 1. The Bertz CT molecular complexity index is 687. The van der Waals surface area contributed by atoms with Crippen molar-refractivity contribution in [2.24, 2.45) is 5.10 Å². The molecule has 104 valence electrons. The Kier molecular flexibility index (Phi) is 4.31. The maximum absolute atomic E-state index is 12.3. The molecular formula is C13H15N5OS.